The van der Waals surface area contributed by atoms with E-state index >= 15 is 0 Å². The lowest BCUT2D eigenvalue weighted by molar-refractivity contribution is -0.385. The van der Waals surface area contributed by atoms with Crippen molar-refractivity contribution in [1.29, 1.82) is 0 Å². The minimum absolute atomic E-state index is 0.00157. The molecule has 0 unspecified atom stereocenters. The molecule has 128 valence electrons. The molecule has 26 heavy (non-hydrogen) atoms. The molecule has 0 aliphatic rings. The Kier molecular flexibility index (Phi) is 3.86. The SMILES string of the molecule is O=C(Nc1cccc(-c2nn3cnnc3s2)c1)c1ccccc1[N+](=O)[O-]. The van der Waals surface area contributed by atoms with Crippen LogP contribution in [0.25, 0.3) is 15.5 Å². The summed E-state index contributed by atoms with van der Waals surface area (Å²) in [6.45, 7) is 0. The summed E-state index contributed by atoms with van der Waals surface area (Å²) in [5.41, 5.74) is 1.06. The first-order chi connectivity index (χ1) is 12.6. The first kappa shape index (κ1) is 15.8. The van der Waals surface area contributed by atoms with Gasteiger partial charge in [-0.3, -0.25) is 14.9 Å². The molecule has 0 bridgehead atoms. The molecule has 4 aromatic rings. The fraction of sp³-hybridized carbons (Fsp3) is 0. The van der Waals surface area contributed by atoms with E-state index in [2.05, 4.69) is 20.6 Å². The highest BCUT2D eigenvalue weighted by atomic mass is 32.1. The standard InChI is InChI=1S/C16H10N6O3S/c23-14(12-6-1-2-7-13(12)22(24)25)18-11-5-3-4-10(8-11)15-20-21-9-17-19-16(21)26-15/h1-9H,(H,18,23). The van der Waals surface area contributed by atoms with Crippen LogP contribution in [0.2, 0.25) is 0 Å². The topological polar surface area (TPSA) is 115 Å². The van der Waals surface area contributed by atoms with E-state index < -0.39 is 10.8 Å². The zero-order valence-corrected chi connectivity index (χ0v) is 13.9. The van der Waals surface area contributed by atoms with Crippen molar-refractivity contribution < 1.29 is 9.72 Å². The molecule has 0 aliphatic heterocycles. The zero-order chi connectivity index (χ0) is 18.1. The van der Waals surface area contributed by atoms with Crippen molar-refractivity contribution in [2.45, 2.75) is 0 Å². The summed E-state index contributed by atoms with van der Waals surface area (Å²) in [5.74, 6) is -0.549. The number of hydrogen-bond acceptors (Lipinski definition) is 7. The Bertz CT molecular complexity index is 1110. The van der Waals surface area contributed by atoms with Gasteiger partial charge in [-0.2, -0.15) is 9.61 Å². The molecule has 0 saturated carbocycles. The zero-order valence-electron chi connectivity index (χ0n) is 13.1. The number of carbonyl (C=O) groups is 1. The van der Waals surface area contributed by atoms with Crippen LogP contribution in [0.1, 0.15) is 10.4 Å². The second-order valence-electron chi connectivity index (χ2n) is 5.27. The molecule has 4 rings (SSSR count). The highest BCUT2D eigenvalue weighted by Gasteiger charge is 2.19. The number of para-hydroxylation sites is 1. The van der Waals surface area contributed by atoms with Gasteiger partial charge in [-0.1, -0.05) is 35.6 Å². The largest absolute Gasteiger partial charge is 0.322 e. The van der Waals surface area contributed by atoms with Gasteiger partial charge in [0.1, 0.15) is 16.9 Å². The van der Waals surface area contributed by atoms with Gasteiger partial charge in [0, 0.05) is 17.3 Å². The summed E-state index contributed by atoms with van der Waals surface area (Å²) in [7, 11) is 0. The molecule has 0 saturated heterocycles. The molecule has 0 aliphatic carbocycles. The van der Waals surface area contributed by atoms with Crippen molar-refractivity contribution in [3.63, 3.8) is 0 Å². The Morgan fingerprint density at radius 2 is 2.04 bits per heavy atom. The second-order valence-corrected chi connectivity index (χ2v) is 6.23. The van der Waals surface area contributed by atoms with Crippen molar-refractivity contribution in [2.24, 2.45) is 0 Å². The maximum Gasteiger partial charge on any atom is 0.282 e. The number of carbonyl (C=O) groups excluding carboxylic acids is 1. The number of nitro benzene ring substituents is 1. The van der Waals surface area contributed by atoms with Gasteiger partial charge in [0.05, 0.1) is 4.92 Å². The smallest absolute Gasteiger partial charge is 0.282 e. The highest BCUT2D eigenvalue weighted by molar-refractivity contribution is 7.19. The van der Waals surface area contributed by atoms with Gasteiger partial charge >= 0.3 is 0 Å². The number of rotatable bonds is 4. The first-order valence-corrected chi connectivity index (χ1v) is 8.25. The van der Waals surface area contributed by atoms with E-state index in [1.54, 1.807) is 28.8 Å². The number of anilines is 1. The first-order valence-electron chi connectivity index (χ1n) is 7.44. The van der Waals surface area contributed by atoms with Crippen LogP contribution in [-0.2, 0) is 0 Å². The monoisotopic (exact) mass is 366 g/mol. The third-order valence-electron chi connectivity index (χ3n) is 3.60. The molecule has 0 atom stereocenters. The van der Waals surface area contributed by atoms with Gasteiger partial charge in [0.25, 0.3) is 11.6 Å². The fourth-order valence-corrected chi connectivity index (χ4v) is 3.25. The average molecular weight is 366 g/mol. The number of nitro groups is 1. The summed E-state index contributed by atoms with van der Waals surface area (Å²) in [6, 6.07) is 12.9. The van der Waals surface area contributed by atoms with Gasteiger partial charge in [0.2, 0.25) is 4.96 Å². The third kappa shape index (κ3) is 2.89. The lowest BCUT2D eigenvalue weighted by Crippen LogP contribution is -2.13. The van der Waals surface area contributed by atoms with E-state index in [-0.39, 0.29) is 11.3 Å². The second kappa shape index (κ2) is 6.33. The summed E-state index contributed by atoms with van der Waals surface area (Å²) >= 11 is 1.36. The van der Waals surface area contributed by atoms with Crippen LogP contribution in [0.5, 0.6) is 0 Å². The Morgan fingerprint density at radius 1 is 1.19 bits per heavy atom. The number of nitrogens with zero attached hydrogens (tertiary/aromatic N) is 5. The van der Waals surface area contributed by atoms with E-state index in [4.69, 9.17) is 0 Å². The van der Waals surface area contributed by atoms with Gasteiger partial charge < -0.3 is 5.32 Å². The van der Waals surface area contributed by atoms with E-state index in [0.717, 1.165) is 10.6 Å². The Balaban J connectivity index is 1.62. The van der Waals surface area contributed by atoms with Gasteiger partial charge in [-0.05, 0) is 18.2 Å². The van der Waals surface area contributed by atoms with Crippen LogP contribution < -0.4 is 5.32 Å². The van der Waals surface area contributed by atoms with E-state index in [1.807, 2.05) is 6.07 Å². The lowest BCUT2D eigenvalue weighted by Gasteiger charge is -2.07. The molecule has 1 amide bonds. The van der Waals surface area contributed by atoms with Crippen LogP contribution >= 0.6 is 11.3 Å². The predicted octanol–water partition coefficient (Wildman–Crippen LogP) is 3.01. The molecule has 10 heteroatoms. The molecule has 2 aromatic carbocycles. The van der Waals surface area contributed by atoms with Crippen LogP contribution in [0.3, 0.4) is 0 Å². The van der Waals surface area contributed by atoms with Gasteiger partial charge in [-0.25, -0.2) is 0 Å². The summed E-state index contributed by atoms with van der Waals surface area (Å²) in [5, 5.41) is 26.6. The van der Waals surface area contributed by atoms with Crippen molar-refractivity contribution in [1.82, 2.24) is 19.8 Å². The Hall–Kier alpha value is -3.66. The Morgan fingerprint density at radius 3 is 2.85 bits per heavy atom. The lowest BCUT2D eigenvalue weighted by atomic mass is 10.1. The van der Waals surface area contributed by atoms with Crippen molar-refractivity contribution >= 4 is 33.6 Å². The van der Waals surface area contributed by atoms with Crippen LogP contribution in [-0.4, -0.2) is 30.6 Å². The number of nitrogens with one attached hydrogen (secondary N) is 1. The number of fused-ring (bicyclic) bond motifs is 1. The molecule has 0 radical (unpaired) electrons. The minimum atomic E-state index is -0.579. The molecule has 1 N–H and O–H groups in total. The minimum Gasteiger partial charge on any atom is -0.322 e. The molecule has 9 nitrogen and oxygen atoms in total. The molecule has 2 heterocycles. The average Bonchev–Trinajstić information content (AvgIpc) is 3.24. The van der Waals surface area contributed by atoms with E-state index in [1.165, 1.54) is 35.9 Å². The molecular weight excluding hydrogens is 356 g/mol. The molecule has 0 fully saturated rings. The fourth-order valence-electron chi connectivity index (χ4n) is 2.43. The van der Waals surface area contributed by atoms with E-state index in [0.29, 0.717) is 10.6 Å². The molecule has 0 spiro atoms. The van der Waals surface area contributed by atoms with Crippen LogP contribution in [0.4, 0.5) is 11.4 Å². The van der Waals surface area contributed by atoms with Crippen LogP contribution in [0.15, 0.2) is 54.9 Å². The maximum atomic E-state index is 12.4. The highest BCUT2D eigenvalue weighted by Crippen LogP contribution is 2.27. The number of aromatic nitrogens is 4. The van der Waals surface area contributed by atoms with Crippen LogP contribution in [0, 0.1) is 10.1 Å². The number of amides is 1. The third-order valence-corrected chi connectivity index (χ3v) is 4.56. The van der Waals surface area contributed by atoms with Crippen molar-refractivity contribution in [2.75, 3.05) is 5.32 Å². The molecule has 2 aromatic heterocycles. The van der Waals surface area contributed by atoms with Gasteiger partial charge in [0.15, 0.2) is 0 Å². The number of benzene rings is 2. The normalized spacial score (nSPS) is 10.8. The molecular formula is C16H10N6O3S. The predicted molar refractivity (Wildman–Crippen MR) is 95.1 cm³/mol. The van der Waals surface area contributed by atoms with Gasteiger partial charge in [-0.15, -0.1) is 10.2 Å². The van der Waals surface area contributed by atoms with Crippen molar-refractivity contribution in [3.8, 4) is 10.6 Å². The van der Waals surface area contributed by atoms with E-state index in [9.17, 15) is 14.9 Å². The summed E-state index contributed by atoms with van der Waals surface area (Å²) < 4.78 is 1.57. The quantitative estimate of drug-likeness (QED) is 0.438. The van der Waals surface area contributed by atoms with Crippen molar-refractivity contribution in [3.05, 3.63) is 70.5 Å². The Labute approximate surface area is 150 Å². The summed E-state index contributed by atoms with van der Waals surface area (Å²) in [4.78, 5) is 23.6. The maximum absolute atomic E-state index is 12.4. The summed E-state index contributed by atoms with van der Waals surface area (Å²) in [6.07, 6.45) is 1.51. The number of hydrogen-bond donors (Lipinski definition) is 1.